The number of ether oxygens (including phenoxy) is 1. The van der Waals surface area contributed by atoms with Gasteiger partial charge in [0.15, 0.2) is 6.61 Å². The van der Waals surface area contributed by atoms with Crippen LogP contribution < -0.4 is 0 Å². The fourth-order valence-corrected chi connectivity index (χ4v) is 4.58. The molecule has 0 saturated carbocycles. The standard InChI is InChI=1S/C22H22N2O3S/c1-14-10-11-28-19(14)12-24(2)20(25)13-27-22(26)21-15-6-3-4-8-17(15)23-18-9-5-7-16(18)21/h3-4,6,8,10-11H,5,7,9,12-13H2,1-2H3. The number of carbonyl (C=O) groups excluding carboxylic acids is 2. The second-order valence-electron chi connectivity index (χ2n) is 7.14. The lowest BCUT2D eigenvalue weighted by atomic mass is 10.0. The highest BCUT2D eigenvalue weighted by Gasteiger charge is 2.25. The lowest BCUT2D eigenvalue weighted by molar-refractivity contribution is -0.133. The van der Waals surface area contributed by atoms with Gasteiger partial charge in [-0.3, -0.25) is 9.78 Å². The van der Waals surface area contributed by atoms with Crippen molar-refractivity contribution in [3.05, 3.63) is 63.0 Å². The number of thiophene rings is 1. The summed E-state index contributed by atoms with van der Waals surface area (Å²) in [7, 11) is 1.73. The van der Waals surface area contributed by atoms with Crippen molar-refractivity contribution in [2.75, 3.05) is 13.7 Å². The van der Waals surface area contributed by atoms with Gasteiger partial charge < -0.3 is 9.64 Å². The normalized spacial score (nSPS) is 12.8. The number of aromatic nitrogens is 1. The molecule has 4 rings (SSSR count). The third kappa shape index (κ3) is 3.52. The number of fused-ring (bicyclic) bond motifs is 2. The third-order valence-corrected chi connectivity index (χ3v) is 6.23. The number of aryl methyl sites for hydroxylation is 2. The number of hydrogen-bond acceptors (Lipinski definition) is 5. The first kappa shape index (κ1) is 18.6. The van der Waals surface area contributed by atoms with E-state index in [1.54, 1.807) is 23.3 Å². The highest BCUT2D eigenvalue weighted by molar-refractivity contribution is 7.10. The highest BCUT2D eigenvalue weighted by atomic mass is 32.1. The van der Waals surface area contributed by atoms with Crippen molar-refractivity contribution in [2.24, 2.45) is 0 Å². The van der Waals surface area contributed by atoms with E-state index in [-0.39, 0.29) is 12.5 Å². The molecule has 0 bridgehead atoms. The third-order valence-electron chi connectivity index (χ3n) is 5.22. The molecule has 2 heterocycles. The number of rotatable bonds is 5. The van der Waals surface area contributed by atoms with Gasteiger partial charge in [0.05, 0.1) is 17.6 Å². The van der Waals surface area contributed by atoms with Gasteiger partial charge >= 0.3 is 5.97 Å². The molecule has 2 aromatic heterocycles. The Morgan fingerprint density at radius 1 is 1.21 bits per heavy atom. The number of likely N-dealkylation sites (N-methyl/N-ethyl adjacent to an activating group) is 1. The molecule has 1 amide bonds. The van der Waals surface area contributed by atoms with Crippen LogP contribution in [0.15, 0.2) is 35.7 Å². The number of pyridine rings is 1. The fourth-order valence-electron chi connectivity index (χ4n) is 3.62. The second kappa shape index (κ2) is 7.72. The monoisotopic (exact) mass is 394 g/mol. The minimum absolute atomic E-state index is 0.212. The van der Waals surface area contributed by atoms with E-state index >= 15 is 0 Å². The Kier molecular flexibility index (Phi) is 5.13. The summed E-state index contributed by atoms with van der Waals surface area (Å²) >= 11 is 1.62. The topological polar surface area (TPSA) is 59.5 Å². The van der Waals surface area contributed by atoms with Gasteiger partial charge in [-0.05, 0) is 54.8 Å². The first-order chi connectivity index (χ1) is 13.5. The van der Waals surface area contributed by atoms with Gasteiger partial charge in [0.2, 0.25) is 0 Å². The van der Waals surface area contributed by atoms with Crippen molar-refractivity contribution in [1.82, 2.24) is 9.88 Å². The Morgan fingerprint density at radius 3 is 2.82 bits per heavy atom. The maximum Gasteiger partial charge on any atom is 0.339 e. The Bertz CT molecular complexity index is 1060. The first-order valence-corrected chi connectivity index (χ1v) is 10.3. The van der Waals surface area contributed by atoms with Crippen LogP contribution in [0.1, 0.15) is 38.5 Å². The van der Waals surface area contributed by atoms with Gasteiger partial charge in [-0.2, -0.15) is 0 Å². The average Bonchev–Trinajstić information content (AvgIpc) is 3.32. The predicted octanol–water partition coefficient (Wildman–Crippen LogP) is 3.91. The Balaban J connectivity index is 1.50. The van der Waals surface area contributed by atoms with Crippen LogP contribution in [-0.2, 0) is 28.9 Å². The summed E-state index contributed by atoms with van der Waals surface area (Å²) < 4.78 is 5.44. The average molecular weight is 394 g/mol. The molecule has 28 heavy (non-hydrogen) atoms. The van der Waals surface area contributed by atoms with Crippen LogP contribution in [0.25, 0.3) is 10.9 Å². The smallest absolute Gasteiger partial charge is 0.339 e. The molecule has 6 heteroatoms. The van der Waals surface area contributed by atoms with Crippen LogP contribution in [0, 0.1) is 6.92 Å². The molecule has 1 aliphatic rings. The molecule has 1 aliphatic carbocycles. The van der Waals surface area contributed by atoms with Gasteiger partial charge in [0, 0.05) is 23.0 Å². The van der Waals surface area contributed by atoms with Crippen LogP contribution in [0.2, 0.25) is 0 Å². The van der Waals surface area contributed by atoms with Crippen LogP contribution in [0.3, 0.4) is 0 Å². The molecule has 5 nitrogen and oxygen atoms in total. The number of amides is 1. The maximum atomic E-state index is 12.9. The van der Waals surface area contributed by atoms with E-state index in [2.05, 4.69) is 0 Å². The molecule has 0 spiro atoms. The summed E-state index contributed by atoms with van der Waals surface area (Å²) in [6, 6.07) is 9.65. The van der Waals surface area contributed by atoms with Gasteiger partial charge in [-0.25, -0.2) is 4.79 Å². The van der Waals surface area contributed by atoms with Gasteiger partial charge in [0.1, 0.15) is 0 Å². The number of esters is 1. The van der Waals surface area contributed by atoms with E-state index in [0.717, 1.165) is 46.3 Å². The van der Waals surface area contributed by atoms with Crippen molar-refractivity contribution in [3.63, 3.8) is 0 Å². The zero-order valence-corrected chi connectivity index (χ0v) is 16.8. The number of nitrogens with zero attached hydrogens (tertiary/aromatic N) is 2. The lowest BCUT2D eigenvalue weighted by Gasteiger charge is -2.17. The lowest BCUT2D eigenvalue weighted by Crippen LogP contribution is -2.31. The molecule has 0 radical (unpaired) electrons. The Labute approximate surface area is 168 Å². The number of carbonyl (C=O) groups is 2. The van der Waals surface area contributed by atoms with Gasteiger partial charge in [-0.15, -0.1) is 11.3 Å². The summed E-state index contributed by atoms with van der Waals surface area (Å²) in [4.78, 5) is 32.8. The maximum absolute atomic E-state index is 12.9. The second-order valence-corrected chi connectivity index (χ2v) is 8.14. The molecular weight excluding hydrogens is 372 g/mol. The van der Waals surface area contributed by atoms with Crippen molar-refractivity contribution >= 4 is 34.1 Å². The molecule has 0 unspecified atom stereocenters. The van der Waals surface area contributed by atoms with Crippen molar-refractivity contribution in [3.8, 4) is 0 Å². The Hall–Kier alpha value is -2.73. The van der Waals surface area contributed by atoms with Gasteiger partial charge in [-0.1, -0.05) is 18.2 Å². The largest absolute Gasteiger partial charge is 0.452 e. The number of hydrogen-bond donors (Lipinski definition) is 0. The van der Waals surface area contributed by atoms with Crippen LogP contribution in [0.4, 0.5) is 0 Å². The van der Waals surface area contributed by atoms with Crippen LogP contribution >= 0.6 is 11.3 Å². The SMILES string of the molecule is Cc1ccsc1CN(C)C(=O)COC(=O)c1c2c(nc3ccccc13)CCC2. The molecule has 144 valence electrons. The van der Waals surface area contributed by atoms with Crippen molar-refractivity contribution in [1.29, 1.82) is 0 Å². The summed E-state index contributed by atoms with van der Waals surface area (Å²) in [6.07, 6.45) is 2.69. The summed E-state index contributed by atoms with van der Waals surface area (Å²) in [5.41, 5.74) is 4.48. The van der Waals surface area contributed by atoms with Crippen molar-refractivity contribution in [2.45, 2.75) is 32.7 Å². The molecular formula is C22H22N2O3S. The van der Waals surface area contributed by atoms with Crippen LogP contribution in [-0.4, -0.2) is 35.4 Å². The van der Waals surface area contributed by atoms with E-state index in [9.17, 15) is 9.59 Å². The van der Waals surface area contributed by atoms with E-state index in [4.69, 9.17) is 9.72 Å². The fraction of sp³-hybridized carbons (Fsp3) is 0.318. The quantitative estimate of drug-likeness (QED) is 0.616. The highest BCUT2D eigenvalue weighted by Crippen LogP contribution is 2.30. The molecule has 0 aliphatic heterocycles. The van der Waals surface area contributed by atoms with Gasteiger partial charge in [0.25, 0.3) is 5.91 Å². The predicted molar refractivity (Wildman–Crippen MR) is 110 cm³/mol. The zero-order chi connectivity index (χ0) is 19.7. The number of para-hydroxylation sites is 1. The molecule has 0 N–H and O–H groups in total. The molecule has 3 aromatic rings. The van der Waals surface area contributed by atoms with E-state index in [1.165, 1.54) is 5.56 Å². The molecule has 0 saturated heterocycles. The van der Waals surface area contributed by atoms with E-state index in [1.807, 2.05) is 42.6 Å². The van der Waals surface area contributed by atoms with E-state index < -0.39 is 5.97 Å². The number of benzene rings is 1. The van der Waals surface area contributed by atoms with Crippen LogP contribution in [0.5, 0.6) is 0 Å². The zero-order valence-electron chi connectivity index (χ0n) is 16.0. The molecule has 0 atom stereocenters. The van der Waals surface area contributed by atoms with Crippen molar-refractivity contribution < 1.29 is 14.3 Å². The molecule has 1 aromatic carbocycles. The Morgan fingerprint density at radius 2 is 2.04 bits per heavy atom. The summed E-state index contributed by atoms with van der Waals surface area (Å²) in [5.74, 6) is -0.651. The molecule has 0 fully saturated rings. The van der Waals surface area contributed by atoms with E-state index in [0.29, 0.717) is 12.1 Å². The summed E-state index contributed by atoms with van der Waals surface area (Å²) in [6.45, 7) is 2.29. The minimum Gasteiger partial charge on any atom is -0.452 e. The minimum atomic E-state index is -0.439. The summed E-state index contributed by atoms with van der Waals surface area (Å²) in [5, 5.41) is 2.81. The first-order valence-electron chi connectivity index (χ1n) is 9.39.